The second-order valence-corrected chi connectivity index (χ2v) is 4.57. The van der Waals surface area contributed by atoms with Gasteiger partial charge in [0.15, 0.2) is 0 Å². The van der Waals surface area contributed by atoms with Crippen LogP contribution in [0.15, 0.2) is 18.2 Å². The number of halogens is 3. The van der Waals surface area contributed by atoms with E-state index in [2.05, 4.69) is 0 Å². The molecule has 1 aromatic rings. The second-order valence-electron chi connectivity index (χ2n) is 4.57. The highest BCUT2D eigenvalue weighted by atomic mass is 19.4. The van der Waals surface area contributed by atoms with Gasteiger partial charge in [0.1, 0.15) is 0 Å². The number of hydrogen-bond acceptors (Lipinski definition) is 1. The first kappa shape index (κ1) is 14.0. The normalized spacial score (nSPS) is 15.7. The molecular formula is C13H18F3N. The molecule has 1 nitrogen and oxygen atoms in total. The molecule has 0 radical (unpaired) electrons. The van der Waals surface area contributed by atoms with Crippen LogP contribution in [0.1, 0.15) is 36.5 Å². The van der Waals surface area contributed by atoms with Gasteiger partial charge in [0.2, 0.25) is 0 Å². The molecule has 0 heterocycles. The maximum atomic E-state index is 12.5. The Morgan fingerprint density at radius 3 is 2.24 bits per heavy atom. The summed E-state index contributed by atoms with van der Waals surface area (Å²) in [5, 5.41) is 0. The lowest BCUT2D eigenvalue weighted by atomic mass is 9.86. The standard InChI is InChI=1S/C13H18F3N/c1-8-6-11(13(14,15)16)4-5-12(8)10(3)9(2)7-17/h4-6,9-10H,7,17H2,1-3H3. The summed E-state index contributed by atoms with van der Waals surface area (Å²) in [4.78, 5) is 0. The van der Waals surface area contributed by atoms with Crippen molar-refractivity contribution in [2.45, 2.75) is 32.9 Å². The van der Waals surface area contributed by atoms with Gasteiger partial charge in [-0.15, -0.1) is 0 Å². The Morgan fingerprint density at radius 2 is 1.82 bits per heavy atom. The average Bonchev–Trinajstić information content (AvgIpc) is 2.25. The molecule has 0 saturated heterocycles. The molecule has 0 bridgehead atoms. The number of benzene rings is 1. The van der Waals surface area contributed by atoms with Crippen LogP contribution in [0.2, 0.25) is 0 Å². The van der Waals surface area contributed by atoms with Crippen LogP contribution in [-0.4, -0.2) is 6.54 Å². The lowest BCUT2D eigenvalue weighted by molar-refractivity contribution is -0.137. The molecule has 4 heteroatoms. The van der Waals surface area contributed by atoms with Crippen molar-refractivity contribution in [1.29, 1.82) is 0 Å². The second kappa shape index (κ2) is 5.08. The molecule has 0 saturated carbocycles. The molecule has 17 heavy (non-hydrogen) atoms. The molecule has 0 aromatic heterocycles. The Bertz CT molecular complexity index is 385. The van der Waals surface area contributed by atoms with E-state index >= 15 is 0 Å². The minimum atomic E-state index is -4.27. The van der Waals surface area contributed by atoms with Crippen molar-refractivity contribution in [2.24, 2.45) is 11.7 Å². The van der Waals surface area contributed by atoms with Gasteiger partial charge in [-0.2, -0.15) is 13.2 Å². The maximum absolute atomic E-state index is 12.5. The smallest absolute Gasteiger partial charge is 0.330 e. The minimum Gasteiger partial charge on any atom is -0.330 e. The molecule has 0 aliphatic carbocycles. The van der Waals surface area contributed by atoms with Crippen LogP contribution in [0.5, 0.6) is 0 Å². The molecule has 0 fully saturated rings. The molecular weight excluding hydrogens is 227 g/mol. The van der Waals surface area contributed by atoms with E-state index in [1.807, 2.05) is 13.8 Å². The Balaban J connectivity index is 3.06. The van der Waals surface area contributed by atoms with Gasteiger partial charge in [-0.25, -0.2) is 0 Å². The van der Waals surface area contributed by atoms with Crippen molar-refractivity contribution in [3.8, 4) is 0 Å². The quantitative estimate of drug-likeness (QED) is 0.863. The zero-order valence-corrected chi connectivity index (χ0v) is 10.3. The van der Waals surface area contributed by atoms with Crippen molar-refractivity contribution in [2.75, 3.05) is 6.54 Å². The SMILES string of the molecule is Cc1cc(C(F)(F)F)ccc1C(C)C(C)CN. The predicted molar refractivity (Wildman–Crippen MR) is 62.8 cm³/mol. The highest BCUT2D eigenvalue weighted by molar-refractivity contribution is 5.35. The fraction of sp³-hybridized carbons (Fsp3) is 0.538. The van der Waals surface area contributed by atoms with Gasteiger partial charge in [-0.1, -0.05) is 19.9 Å². The van der Waals surface area contributed by atoms with Crippen LogP contribution in [0.3, 0.4) is 0 Å². The molecule has 96 valence electrons. The van der Waals surface area contributed by atoms with E-state index in [9.17, 15) is 13.2 Å². The Labute approximate surface area is 99.8 Å². The minimum absolute atomic E-state index is 0.169. The molecule has 2 atom stereocenters. The van der Waals surface area contributed by atoms with Crippen molar-refractivity contribution in [1.82, 2.24) is 0 Å². The first-order valence-electron chi connectivity index (χ1n) is 5.65. The maximum Gasteiger partial charge on any atom is 0.416 e. The first-order valence-corrected chi connectivity index (χ1v) is 5.65. The fourth-order valence-corrected chi connectivity index (χ4v) is 1.87. The van der Waals surface area contributed by atoms with E-state index in [0.717, 1.165) is 11.6 Å². The van der Waals surface area contributed by atoms with Crippen molar-refractivity contribution in [3.63, 3.8) is 0 Å². The molecule has 2 unspecified atom stereocenters. The molecule has 2 N–H and O–H groups in total. The summed E-state index contributed by atoms with van der Waals surface area (Å²) in [6.45, 7) is 6.24. The summed E-state index contributed by atoms with van der Waals surface area (Å²) in [5.41, 5.74) is 6.60. The summed E-state index contributed by atoms with van der Waals surface area (Å²) < 4.78 is 37.5. The fourth-order valence-electron chi connectivity index (χ4n) is 1.87. The Hall–Kier alpha value is -1.03. The summed E-state index contributed by atoms with van der Waals surface area (Å²) in [7, 11) is 0. The van der Waals surface area contributed by atoms with Gasteiger partial charge in [0.05, 0.1) is 5.56 Å². The summed E-state index contributed by atoms with van der Waals surface area (Å²) in [6, 6.07) is 3.91. The van der Waals surface area contributed by atoms with Gasteiger partial charge in [0.25, 0.3) is 0 Å². The Kier molecular flexibility index (Phi) is 4.20. The van der Waals surface area contributed by atoms with Crippen LogP contribution in [0, 0.1) is 12.8 Å². The van der Waals surface area contributed by atoms with Gasteiger partial charge < -0.3 is 5.73 Å². The van der Waals surface area contributed by atoms with Crippen molar-refractivity contribution in [3.05, 3.63) is 34.9 Å². The average molecular weight is 245 g/mol. The van der Waals surface area contributed by atoms with E-state index in [1.165, 1.54) is 6.07 Å². The summed E-state index contributed by atoms with van der Waals surface area (Å²) in [5.74, 6) is 0.424. The summed E-state index contributed by atoms with van der Waals surface area (Å²) >= 11 is 0. The van der Waals surface area contributed by atoms with E-state index in [1.54, 1.807) is 13.0 Å². The number of hydrogen-bond donors (Lipinski definition) is 1. The highest BCUT2D eigenvalue weighted by Crippen LogP contribution is 2.33. The lowest BCUT2D eigenvalue weighted by Crippen LogP contribution is -2.18. The molecule has 0 spiro atoms. The molecule has 0 aliphatic heterocycles. The van der Waals surface area contributed by atoms with Gasteiger partial charge in [-0.3, -0.25) is 0 Å². The summed E-state index contributed by atoms with van der Waals surface area (Å²) in [6.07, 6.45) is -4.27. The predicted octanol–water partition coefficient (Wildman–Crippen LogP) is 3.71. The topological polar surface area (TPSA) is 26.0 Å². The highest BCUT2D eigenvalue weighted by Gasteiger charge is 2.31. The monoisotopic (exact) mass is 245 g/mol. The third-order valence-electron chi connectivity index (χ3n) is 3.31. The molecule has 1 aromatic carbocycles. The number of aryl methyl sites for hydroxylation is 1. The lowest BCUT2D eigenvalue weighted by Gasteiger charge is -2.21. The van der Waals surface area contributed by atoms with Crippen LogP contribution in [0.4, 0.5) is 13.2 Å². The third kappa shape index (κ3) is 3.22. The van der Waals surface area contributed by atoms with Crippen molar-refractivity contribution < 1.29 is 13.2 Å². The molecule has 1 rings (SSSR count). The number of alkyl halides is 3. The van der Waals surface area contributed by atoms with E-state index in [0.29, 0.717) is 12.1 Å². The Morgan fingerprint density at radius 1 is 1.24 bits per heavy atom. The molecule has 0 amide bonds. The van der Waals surface area contributed by atoms with E-state index < -0.39 is 11.7 Å². The first-order chi connectivity index (χ1) is 7.77. The third-order valence-corrected chi connectivity index (χ3v) is 3.31. The number of rotatable bonds is 3. The van der Waals surface area contributed by atoms with Crippen LogP contribution < -0.4 is 5.73 Å². The van der Waals surface area contributed by atoms with E-state index in [4.69, 9.17) is 5.73 Å². The van der Waals surface area contributed by atoms with Gasteiger partial charge in [-0.05, 0) is 48.6 Å². The number of nitrogens with two attached hydrogens (primary N) is 1. The van der Waals surface area contributed by atoms with Gasteiger partial charge in [0, 0.05) is 0 Å². The zero-order chi connectivity index (χ0) is 13.2. The van der Waals surface area contributed by atoms with Gasteiger partial charge >= 0.3 is 6.18 Å². The van der Waals surface area contributed by atoms with Crippen LogP contribution in [-0.2, 0) is 6.18 Å². The largest absolute Gasteiger partial charge is 0.416 e. The van der Waals surface area contributed by atoms with Crippen LogP contribution >= 0.6 is 0 Å². The van der Waals surface area contributed by atoms with E-state index in [-0.39, 0.29) is 11.8 Å². The molecule has 0 aliphatic rings. The van der Waals surface area contributed by atoms with Crippen LogP contribution in [0.25, 0.3) is 0 Å². The van der Waals surface area contributed by atoms with Crippen molar-refractivity contribution >= 4 is 0 Å². The zero-order valence-electron chi connectivity index (χ0n) is 10.3.